The van der Waals surface area contributed by atoms with Crippen LogP contribution in [0.4, 0.5) is 5.69 Å². The number of amides is 2. The molecule has 0 spiro atoms. The van der Waals surface area contributed by atoms with E-state index in [0.717, 1.165) is 18.4 Å². The number of nitrogens with zero attached hydrogens (tertiary/aromatic N) is 1. The zero-order chi connectivity index (χ0) is 19.8. The highest BCUT2D eigenvalue weighted by Crippen LogP contribution is 2.12. The number of aryl methyl sites for hydroxylation is 2. The van der Waals surface area contributed by atoms with Crippen LogP contribution in [0.1, 0.15) is 38.4 Å². The SMILES string of the molecule is Cc1cccc(NC(=O)c2ccnc(C(=O)NCCCc3ccccc3)c2)c1. The molecule has 2 N–H and O–H groups in total. The molecule has 0 atom stereocenters. The van der Waals surface area contributed by atoms with E-state index in [1.54, 1.807) is 6.07 Å². The van der Waals surface area contributed by atoms with Gasteiger partial charge in [0, 0.05) is 24.0 Å². The highest BCUT2D eigenvalue weighted by molar-refractivity contribution is 6.05. The normalized spacial score (nSPS) is 10.3. The van der Waals surface area contributed by atoms with Gasteiger partial charge in [0.15, 0.2) is 0 Å². The van der Waals surface area contributed by atoms with Crippen molar-refractivity contribution in [3.63, 3.8) is 0 Å². The number of benzene rings is 2. The van der Waals surface area contributed by atoms with Crippen LogP contribution in [-0.2, 0) is 6.42 Å². The minimum Gasteiger partial charge on any atom is -0.351 e. The monoisotopic (exact) mass is 373 g/mol. The summed E-state index contributed by atoms with van der Waals surface area (Å²) in [5.74, 6) is -0.551. The van der Waals surface area contributed by atoms with Gasteiger partial charge in [-0.2, -0.15) is 0 Å². The maximum atomic E-state index is 12.4. The van der Waals surface area contributed by atoms with Crippen molar-refractivity contribution in [2.75, 3.05) is 11.9 Å². The summed E-state index contributed by atoms with van der Waals surface area (Å²) in [6, 6.07) is 20.8. The van der Waals surface area contributed by atoms with E-state index in [1.165, 1.54) is 17.8 Å². The highest BCUT2D eigenvalue weighted by atomic mass is 16.2. The third-order valence-electron chi connectivity index (χ3n) is 4.30. The Morgan fingerprint density at radius 2 is 1.75 bits per heavy atom. The molecule has 3 rings (SSSR count). The van der Waals surface area contributed by atoms with Crippen LogP contribution in [0, 0.1) is 6.92 Å². The maximum Gasteiger partial charge on any atom is 0.269 e. The summed E-state index contributed by atoms with van der Waals surface area (Å²) in [5, 5.41) is 5.70. The van der Waals surface area contributed by atoms with Crippen molar-refractivity contribution in [3.8, 4) is 0 Å². The number of aromatic nitrogens is 1. The minimum atomic E-state index is -0.279. The van der Waals surface area contributed by atoms with Crippen LogP contribution in [-0.4, -0.2) is 23.3 Å². The number of pyridine rings is 1. The predicted molar refractivity (Wildman–Crippen MR) is 110 cm³/mol. The Labute approximate surface area is 164 Å². The van der Waals surface area contributed by atoms with Gasteiger partial charge in [-0.3, -0.25) is 14.6 Å². The van der Waals surface area contributed by atoms with Crippen LogP contribution in [0.15, 0.2) is 72.9 Å². The molecule has 0 saturated carbocycles. The molecule has 142 valence electrons. The average Bonchev–Trinajstić information content (AvgIpc) is 2.72. The Morgan fingerprint density at radius 3 is 2.54 bits per heavy atom. The summed E-state index contributed by atoms with van der Waals surface area (Å²) in [7, 11) is 0. The number of nitrogens with one attached hydrogen (secondary N) is 2. The van der Waals surface area contributed by atoms with Gasteiger partial charge in [0.25, 0.3) is 11.8 Å². The quantitative estimate of drug-likeness (QED) is 0.615. The number of hydrogen-bond donors (Lipinski definition) is 2. The lowest BCUT2D eigenvalue weighted by molar-refractivity contribution is 0.0948. The summed E-state index contributed by atoms with van der Waals surface area (Å²) >= 11 is 0. The van der Waals surface area contributed by atoms with E-state index in [2.05, 4.69) is 27.8 Å². The molecule has 0 aliphatic carbocycles. The Morgan fingerprint density at radius 1 is 0.929 bits per heavy atom. The molecule has 28 heavy (non-hydrogen) atoms. The highest BCUT2D eigenvalue weighted by Gasteiger charge is 2.12. The van der Waals surface area contributed by atoms with Gasteiger partial charge in [0.2, 0.25) is 0 Å². The number of carbonyl (C=O) groups excluding carboxylic acids is 2. The molecule has 0 aliphatic heterocycles. The maximum absolute atomic E-state index is 12.4. The first-order valence-corrected chi connectivity index (χ1v) is 9.28. The van der Waals surface area contributed by atoms with Crippen molar-refractivity contribution in [2.45, 2.75) is 19.8 Å². The molecule has 0 aliphatic rings. The molecule has 0 saturated heterocycles. The first-order chi connectivity index (χ1) is 13.6. The van der Waals surface area contributed by atoms with Crippen molar-refractivity contribution < 1.29 is 9.59 Å². The Hall–Kier alpha value is -3.47. The fourth-order valence-electron chi connectivity index (χ4n) is 2.85. The summed E-state index contributed by atoms with van der Waals surface area (Å²) in [5.41, 5.74) is 3.64. The fraction of sp³-hybridized carbons (Fsp3) is 0.174. The van der Waals surface area contributed by atoms with E-state index in [0.29, 0.717) is 17.8 Å². The summed E-state index contributed by atoms with van der Waals surface area (Å²) in [6.45, 7) is 2.51. The fourth-order valence-corrected chi connectivity index (χ4v) is 2.85. The first kappa shape index (κ1) is 19.3. The molecule has 5 nitrogen and oxygen atoms in total. The Balaban J connectivity index is 1.54. The van der Waals surface area contributed by atoms with Gasteiger partial charge in [-0.25, -0.2) is 0 Å². The second kappa shape index (κ2) is 9.46. The molecule has 0 bridgehead atoms. The summed E-state index contributed by atoms with van der Waals surface area (Å²) in [6.07, 6.45) is 3.21. The second-order valence-corrected chi connectivity index (χ2v) is 6.60. The number of carbonyl (C=O) groups is 2. The molecule has 0 unspecified atom stereocenters. The van der Waals surface area contributed by atoms with Gasteiger partial charge in [-0.1, -0.05) is 42.5 Å². The number of anilines is 1. The van der Waals surface area contributed by atoms with Gasteiger partial charge >= 0.3 is 0 Å². The summed E-state index contributed by atoms with van der Waals surface area (Å²) < 4.78 is 0. The lowest BCUT2D eigenvalue weighted by Gasteiger charge is -2.08. The van der Waals surface area contributed by atoms with Crippen LogP contribution >= 0.6 is 0 Å². The van der Waals surface area contributed by atoms with Crippen molar-refractivity contribution in [1.82, 2.24) is 10.3 Å². The standard InChI is InChI=1S/C23H23N3O2/c1-17-7-5-11-20(15-17)26-22(27)19-12-14-24-21(16-19)23(28)25-13-6-10-18-8-3-2-4-9-18/h2-5,7-9,11-12,14-16H,6,10,13H2,1H3,(H,25,28)(H,26,27). The minimum absolute atomic E-state index is 0.233. The topological polar surface area (TPSA) is 71.1 Å². The summed E-state index contributed by atoms with van der Waals surface area (Å²) in [4.78, 5) is 28.9. The molecule has 3 aromatic rings. The Kier molecular flexibility index (Phi) is 6.52. The van der Waals surface area contributed by atoms with E-state index < -0.39 is 0 Å². The molecule has 5 heteroatoms. The lowest BCUT2D eigenvalue weighted by atomic mass is 10.1. The second-order valence-electron chi connectivity index (χ2n) is 6.60. The van der Waals surface area contributed by atoms with Crippen molar-refractivity contribution >= 4 is 17.5 Å². The average molecular weight is 373 g/mol. The third-order valence-corrected chi connectivity index (χ3v) is 4.30. The third kappa shape index (κ3) is 5.51. The van der Waals surface area contributed by atoms with Crippen LogP contribution in [0.2, 0.25) is 0 Å². The van der Waals surface area contributed by atoms with Crippen molar-refractivity contribution in [1.29, 1.82) is 0 Å². The molecule has 1 aromatic heterocycles. The predicted octanol–water partition coefficient (Wildman–Crippen LogP) is 4.00. The Bertz CT molecular complexity index is 955. The van der Waals surface area contributed by atoms with E-state index in [9.17, 15) is 9.59 Å². The van der Waals surface area contributed by atoms with Gasteiger partial charge in [-0.05, 0) is 55.2 Å². The molecule has 0 radical (unpaired) electrons. The zero-order valence-corrected chi connectivity index (χ0v) is 15.8. The number of rotatable bonds is 7. The van der Waals surface area contributed by atoms with E-state index >= 15 is 0 Å². The van der Waals surface area contributed by atoms with Crippen LogP contribution in [0.3, 0.4) is 0 Å². The molecule has 0 fully saturated rings. The van der Waals surface area contributed by atoms with Crippen LogP contribution in [0.25, 0.3) is 0 Å². The molecule has 1 heterocycles. The smallest absolute Gasteiger partial charge is 0.269 e. The van der Waals surface area contributed by atoms with Crippen molar-refractivity contribution in [3.05, 3.63) is 95.3 Å². The van der Waals surface area contributed by atoms with E-state index in [4.69, 9.17) is 0 Å². The van der Waals surface area contributed by atoms with E-state index in [1.807, 2.05) is 49.4 Å². The zero-order valence-electron chi connectivity index (χ0n) is 15.8. The molecule has 2 amide bonds. The molecule has 2 aromatic carbocycles. The van der Waals surface area contributed by atoms with Crippen molar-refractivity contribution in [2.24, 2.45) is 0 Å². The van der Waals surface area contributed by atoms with Crippen LogP contribution in [0.5, 0.6) is 0 Å². The van der Waals surface area contributed by atoms with Gasteiger partial charge < -0.3 is 10.6 Å². The van der Waals surface area contributed by atoms with Gasteiger partial charge in [-0.15, -0.1) is 0 Å². The number of hydrogen-bond acceptors (Lipinski definition) is 3. The van der Waals surface area contributed by atoms with E-state index in [-0.39, 0.29) is 17.5 Å². The first-order valence-electron chi connectivity index (χ1n) is 9.28. The molecular formula is C23H23N3O2. The lowest BCUT2D eigenvalue weighted by Crippen LogP contribution is -2.26. The van der Waals surface area contributed by atoms with Gasteiger partial charge in [0.05, 0.1) is 0 Å². The van der Waals surface area contributed by atoms with Crippen LogP contribution < -0.4 is 10.6 Å². The van der Waals surface area contributed by atoms with Gasteiger partial charge in [0.1, 0.15) is 5.69 Å². The molecular weight excluding hydrogens is 350 g/mol. The largest absolute Gasteiger partial charge is 0.351 e.